The number of carbonyl (C=O) groups is 1. The number of carbonyl (C=O) groups excluding carboxylic acids is 1. The summed E-state index contributed by atoms with van der Waals surface area (Å²) in [6.07, 6.45) is -4.66. The second-order valence-electron chi connectivity index (χ2n) is 7.31. The van der Waals surface area contributed by atoms with Gasteiger partial charge in [-0.05, 0) is 24.1 Å². The number of amides is 1. The van der Waals surface area contributed by atoms with Crippen molar-refractivity contribution in [3.63, 3.8) is 0 Å². The van der Waals surface area contributed by atoms with Crippen LogP contribution < -0.4 is 16.7 Å². The number of halogens is 3. The van der Waals surface area contributed by atoms with Crippen molar-refractivity contribution < 1.29 is 38.0 Å². The highest BCUT2D eigenvalue weighted by Gasteiger charge is 2.43. The number of ether oxygens (including phenoxy) is 1. The van der Waals surface area contributed by atoms with Gasteiger partial charge in [0.15, 0.2) is 17.9 Å². The topological polar surface area (TPSA) is 160 Å². The third-order valence-electron chi connectivity index (χ3n) is 4.91. The fourth-order valence-electron chi connectivity index (χ4n) is 3.29. The van der Waals surface area contributed by atoms with E-state index in [0.717, 1.165) is 4.57 Å². The van der Waals surface area contributed by atoms with Crippen LogP contribution in [0.2, 0.25) is 0 Å². The molecule has 0 aliphatic carbocycles. The van der Waals surface area contributed by atoms with E-state index in [1.165, 1.54) is 12.3 Å². The number of nitrogens with one attached hydrogen (secondary N) is 1. The fourth-order valence-corrected chi connectivity index (χ4v) is 3.29. The summed E-state index contributed by atoms with van der Waals surface area (Å²) in [6, 6.07) is 1.35. The quantitative estimate of drug-likeness (QED) is 0.336. The molecule has 1 saturated heterocycles. The lowest BCUT2D eigenvalue weighted by atomic mass is 10.0. The van der Waals surface area contributed by atoms with Crippen LogP contribution in [0, 0.1) is 17.5 Å². The molecule has 1 aliphatic heterocycles. The monoisotopic (exact) mass is 458 g/mol. The van der Waals surface area contributed by atoms with Gasteiger partial charge in [0.1, 0.15) is 29.9 Å². The summed E-state index contributed by atoms with van der Waals surface area (Å²) in [6.45, 7) is -0.570. The number of aromatic nitrogens is 2. The number of aliphatic hydroxyl groups excluding tert-OH is 3. The highest BCUT2D eigenvalue weighted by atomic mass is 19.2. The predicted molar refractivity (Wildman–Crippen MR) is 103 cm³/mol. The zero-order valence-corrected chi connectivity index (χ0v) is 16.5. The van der Waals surface area contributed by atoms with Gasteiger partial charge in [0.2, 0.25) is 5.91 Å². The first kappa shape index (κ1) is 23.8. The summed E-state index contributed by atoms with van der Waals surface area (Å²) in [5.74, 6) is -4.38. The normalized spacial score (nSPS) is 23.8. The van der Waals surface area contributed by atoms with Crippen molar-refractivity contribution in [3.8, 4) is 0 Å². The van der Waals surface area contributed by atoms with Crippen molar-refractivity contribution in [2.45, 2.75) is 43.4 Å². The van der Waals surface area contributed by atoms with Crippen LogP contribution in [-0.2, 0) is 16.0 Å². The molecule has 3 rings (SSSR count). The minimum absolute atomic E-state index is 0.144. The van der Waals surface area contributed by atoms with Crippen molar-refractivity contribution in [3.05, 3.63) is 57.9 Å². The van der Waals surface area contributed by atoms with Crippen LogP contribution in [0.15, 0.2) is 29.2 Å². The molecule has 0 bridgehead atoms. The van der Waals surface area contributed by atoms with Crippen molar-refractivity contribution in [2.24, 2.45) is 5.73 Å². The number of nitrogens with zero attached hydrogens (tertiary/aromatic N) is 2. The first-order valence-corrected chi connectivity index (χ1v) is 9.51. The molecule has 174 valence electrons. The second kappa shape index (κ2) is 9.75. The van der Waals surface area contributed by atoms with Crippen LogP contribution in [0.3, 0.4) is 0 Å². The van der Waals surface area contributed by atoms with Crippen LogP contribution in [0.4, 0.5) is 19.0 Å². The summed E-state index contributed by atoms with van der Waals surface area (Å²) in [7, 11) is 0. The van der Waals surface area contributed by atoms with Gasteiger partial charge in [-0.25, -0.2) is 18.0 Å². The molecule has 0 saturated carbocycles. The number of anilines is 1. The van der Waals surface area contributed by atoms with Crippen LogP contribution in [0.5, 0.6) is 0 Å². The van der Waals surface area contributed by atoms with Crippen LogP contribution in [-0.4, -0.2) is 61.7 Å². The molecular weight excluding hydrogens is 437 g/mol. The van der Waals surface area contributed by atoms with E-state index < -0.39 is 66.2 Å². The lowest BCUT2D eigenvalue weighted by Gasteiger charge is -2.17. The lowest BCUT2D eigenvalue weighted by Crippen LogP contribution is -2.36. The Morgan fingerprint density at radius 3 is 2.53 bits per heavy atom. The maximum absolute atomic E-state index is 13.7. The van der Waals surface area contributed by atoms with Crippen LogP contribution in [0.25, 0.3) is 0 Å². The first-order chi connectivity index (χ1) is 15.1. The van der Waals surface area contributed by atoms with Crippen LogP contribution in [0.1, 0.15) is 18.2 Å². The molecule has 1 fully saturated rings. The number of hydrogen-bond acceptors (Lipinski definition) is 8. The molecule has 4 unspecified atom stereocenters. The van der Waals surface area contributed by atoms with Gasteiger partial charge < -0.3 is 31.1 Å². The van der Waals surface area contributed by atoms with Gasteiger partial charge in [0, 0.05) is 24.7 Å². The second-order valence-corrected chi connectivity index (χ2v) is 7.31. The summed E-state index contributed by atoms with van der Waals surface area (Å²) >= 11 is 0. The molecular formula is C19H21F3N4O6. The van der Waals surface area contributed by atoms with E-state index in [1.807, 2.05) is 0 Å². The fraction of sp³-hybridized carbons (Fsp3) is 0.421. The predicted octanol–water partition coefficient (Wildman–Crippen LogP) is -0.829. The Bertz CT molecular complexity index is 1050. The minimum Gasteiger partial charge on any atom is -0.394 e. The number of aliphatic hydroxyl groups is 3. The largest absolute Gasteiger partial charge is 0.394 e. The van der Waals surface area contributed by atoms with Crippen molar-refractivity contribution in [1.29, 1.82) is 0 Å². The Morgan fingerprint density at radius 1 is 1.22 bits per heavy atom. The van der Waals surface area contributed by atoms with Crippen molar-refractivity contribution >= 4 is 11.7 Å². The van der Waals surface area contributed by atoms with E-state index in [2.05, 4.69) is 10.3 Å². The molecule has 2 heterocycles. The Balaban J connectivity index is 1.62. The highest BCUT2D eigenvalue weighted by Crippen LogP contribution is 2.28. The van der Waals surface area contributed by atoms with Gasteiger partial charge in [0.05, 0.1) is 6.61 Å². The van der Waals surface area contributed by atoms with Gasteiger partial charge in [-0.3, -0.25) is 9.36 Å². The summed E-state index contributed by atoms with van der Waals surface area (Å²) < 4.78 is 46.1. The molecule has 1 aliphatic rings. The summed E-state index contributed by atoms with van der Waals surface area (Å²) in [5.41, 5.74) is 4.69. The maximum atomic E-state index is 13.7. The average molecular weight is 458 g/mol. The molecule has 0 spiro atoms. The molecule has 10 nitrogen and oxygen atoms in total. The van der Waals surface area contributed by atoms with E-state index in [4.69, 9.17) is 15.6 Å². The average Bonchev–Trinajstić information content (AvgIpc) is 3.00. The van der Waals surface area contributed by atoms with Gasteiger partial charge in [-0.2, -0.15) is 4.98 Å². The zero-order chi connectivity index (χ0) is 23.6. The molecule has 1 aromatic heterocycles. The third-order valence-corrected chi connectivity index (χ3v) is 4.91. The van der Waals surface area contributed by atoms with Crippen molar-refractivity contribution in [2.75, 3.05) is 11.9 Å². The Kier molecular flexibility index (Phi) is 7.26. The van der Waals surface area contributed by atoms with E-state index in [9.17, 15) is 33.0 Å². The molecule has 1 amide bonds. The van der Waals surface area contributed by atoms with Gasteiger partial charge in [-0.15, -0.1) is 0 Å². The molecule has 5 atom stereocenters. The van der Waals surface area contributed by atoms with Crippen LogP contribution >= 0.6 is 0 Å². The Morgan fingerprint density at radius 2 is 1.91 bits per heavy atom. The summed E-state index contributed by atoms with van der Waals surface area (Å²) in [5, 5.41) is 31.2. The third kappa shape index (κ3) is 5.14. The molecule has 13 heteroatoms. The molecule has 32 heavy (non-hydrogen) atoms. The van der Waals surface area contributed by atoms with Gasteiger partial charge in [0.25, 0.3) is 0 Å². The minimum atomic E-state index is -1.48. The summed E-state index contributed by atoms with van der Waals surface area (Å²) in [4.78, 5) is 28.0. The standard InChI is InChI=1S/C19H21F3N4O6/c20-10-6-12(22)11(21)4-8(10)3-9(23)5-15(28)24-14-1-2-26(19(31)25-14)18-17(30)16(29)13(7-27)32-18/h1-2,4,6,9,13,16-18,27,29-30H,3,5,7,23H2,(H,24,25,28,31)/t9-,13?,16?,17?,18?/m1/s1. The van der Waals surface area contributed by atoms with Gasteiger partial charge in [-0.1, -0.05) is 0 Å². The van der Waals surface area contributed by atoms with E-state index in [1.54, 1.807) is 0 Å². The number of hydrogen-bond donors (Lipinski definition) is 5. The molecule has 1 aromatic carbocycles. The molecule has 2 aromatic rings. The Hall–Kier alpha value is -2.84. The SMILES string of the molecule is N[C@@H](CC(=O)Nc1ccn(C2OC(CO)C(O)C2O)c(=O)n1)Cc1cc(F)c(F)cc1F. The van der Waals surface area contributed by atoms with E-state index in [0.29, 0.717) is 12.1 Å². The van der Waals surface area contributed by atoms with Gasteiger partial charge >= 0.3 is 5.69 Å². The zero-order valence-electron chi connectivity index (χ0n) is 16.5. The number of rotatable bonds is 7. The molecule has 0 radical (unpaired) electrons. The van der Waals surface area contributed by atoms with Crippen molar-refractivity contribution in [1.82, 2.24) is 9.55 Å². The maximum Gasteiger partial charge on any atom is 0.351 e. The Labute approximate surface area is 179 Å². The lowest BCUT2D eigenvalue weighted by molar-refractivity contribution is -0.116. The number of nitrogens with two attached hydrogens (primary N) is 1. The smallest absolute Gasteiger partial charge is 0.351 e. The van der Waals surface area contributed by atoms with E-state index in [-0.39, 0.29) is 24.2 Å². The first-order valence-electron chi connectivity index (χ1n) is 9.51. The van der Waals surface area contributed by atoms with E-state index >= 15 is 0 Å². The number of benzene rings is 1. The highest BCUT2D eigenvalue weighted by molar-refractivity contribution is 5.90. The molecule has 6 N–H and O–H groups in total.